The van der Waals surface area contributed by atoms with Crippen LogP contribution in [0.4, 0.5) is 0 Å². The lowest BCUT2D eigenvalue weighted by molar-refractivity contribution is -0.140. The number of carbonyl (C=O) groups excluding carboxylic acids is 1. The predicted octanol–water partition coefficient (Wildman–Crippen LogP) is 2.68. The molecule has 0 bridgehead atoms. The van der Waals surface area contributed by atoms with Gasteiger partial charge in [-0.3, -0.25) is 4.79 Å². The van der Waals surface area contributed by atoms with E-state index in [1.54, 1.807) is 26.0 Å². The van der Waals surface area contributed by atoms with Crippen LogP contribution in [0.5, 0.6) is 0 Å². The summed E-state index contributed by atoms with van der Waals surface area (Å²) >= 11 is 0. The second-order valence-corrected chi connectivity index (χ2v) is 5.06. The Morgan fingerprint density at radius 2 is 1.70 bits per heavy atom. The lowest BCUT2D eigenvalue weighted by atomic mass is 10.0. The average molecular weight is 271 g/mol. The number of rotatable bonds is 4. The van der Waals surface area contributed by atoms with Crippen molar-refractivity contribution in [1.29, 1.82) is 0 Å². The number of amides is 1. The van der Waals surface area contributed by atoms with Crippen LogP contribution < -0.4 is 5.32 Å². The Bertz CT molecular complexity index is 644. The van der Waals surface area contributed by atoms with Crippen LogP contribution in [0.3, 0.4) is 0 Å². The van der Waals surface area contributed by atoms with E-state index >= 15 is 0 Å². The van der Waals surface area contributed by atoms with Crippen molar-refractivity contribution < 1.29 is 14.7 Å². The maximum absolute atomic E-state index is 12.3. The second-order valence-electron chi connectivity index (χ2n) is 5.06. The Balaban J connectivity index is 2.34. The first-order valence-corrected chi connectivity index (χ1v) is 6.52. The van der Waals surface area contributed by atoms with Crippen LogP contribution in [-0.2, 0) is 4.79 Å². The molecule has 2 aromatic carbocycles. The van der Waals surface area contributed by atoms with Gasteiger partial charge >= 0.3 is 5.97 Å². The van der Waals surface area contributed by atoms with Crippen LogP contribution in [0.1, 0.15) is 24.2 Å². The fourth-order valence-electron chi connectivity index (χ4n) is 2.16. The molecule has 0 unspecified atom stereocenters. The number of carbonyl (C=O) groups is 2. The van der Waals surface area contributed by atoms with E-state index < -0.39 is 12.0 Å². The summed E-state index contributed by atoms with van der Waals surface area (Å²) in [7, 11) is 0. The summed E-state index contributed by atoms with van der Waals surface area (Å²) in [6.07, 6.45) is 0. The minimum Gasteiger partial charge on any atom is -0.480 e. The topological polar surface area (TPSA) is 66.4 Å². The molecule has 0 aliphatic rings. The van der Waals surface area contributed by atoms with E-state index in [2.05, 4.69) is 5.32 Å². The molecular formula is C16H17NO3. The minimum atomic E-state index is -1.02. The predicted molar refractivity (Wildman–Crippen MR) is 77.7 cm³/mol. The van der Waals surface area contributed by atoms with Gasteiger partial charge in [0.25, 0.3) is 5.91 Å². The Morgan fingerprint density at radius 3 is 2.35 bits per heavy atom. The minimum absolute atomic E-state index is 0.175. The van der Waals surface area contributed by atoms with Gasteiger partial charge in [0.1, 0.15) is 6.04 Å². The van der Waals surface area contributed by atoms with Gasteiger partial charge < -0.3 is 10.4 Å². The molecule has 0 radical (unpaired) electrons. The normalized spacial score (nSPS) is 12.3. The molecule has 1 atom stereocenters. The van der Waals surface area contributed by atoms with E-state index in [4.69, 9.17) is 5.11 Å². The zero-order valence-corrected chi connectivity index (χ0v) is 11.5. The Hall–Kier alpha value is -2.36. The summed E-state index contributed by atoms with van der Waals surface area (Å²) in [6, 6.07) is 12.1. The SMILES string of the molecule is CC(C)[C@@H](NC(=O)c1cccc2ccccc12)C(=O)O. The molecule has 1 amide bonds. The zero-order valence-electron chi connectivity index (χ0n) is 11.5. The van der Waals surface area contributed by atoms with E-state index in [9.17, 15) is 9.59 Å². The van der Waals surface area contributed by atoms with Crippen molar-refractivity contribution in [2.75, 3.05) is 0 Å². The number of carboxylic acids is 1. The van der Waals surface area contributed by atoms with Crippen molar-refractivity contribution in [3.63, 3.8) is 0 Å². The lowest BCUT2D eigenvalue weighted by Crippen LogP contribution is -2.44. The molecule has 104 valence electrons. The maximum Gasteiger partial charge on any atom is 0.326 e. The van der Waals surface area contributed by atoms with Gasteiger partial charge in [-0.25, -0.2) is 4.79 Å². The standard InChI is InChI=1S/C16H17NO3/c1-10(2)14(16(19)20)17-15(18)13-9-5-7-11-6-3-4-8-12(11)13/h3-10,14H,1-2H3,(H,17,18)(H,19,20)/t14-/m1/s1. The summed E-state index contributed by atoms with van der Waals surface area (Å²) < 4.78 is 0. The number of aliphatic carboxylic acids is 1. The van der Waals surface area contributed by atoms with Crippen LogP contribution in [-0.4, -0.2) is 23.0 Å². The Morgan fingerprint density at radius 1 is 1.05 bits per heavy atom. The van der Waals surface area contributed by atoms with Crippen molar-refractivity contribution in [2.24, 2.45) is 5.92 Å². The molecule has 0 aromatic heterocycles. The maximum atomic E-state index is 12.3. The highest BCUT2D eigenvalue weighted by atomic mass is 16.4. The molecule has 4 nitrogen and oxygen atoms in total. The van der Waals surface area contributed by atoms with Gasteiger partial charge in [-0.15, -0.1) is 0 Å². The molecule has 2 rings (SSSR count). The highest BCUT2D eigenvalue weighted by molar-refractivity contribution is 6.07. The first kappa shape index (κ1) is 14.1. The largest absolute Gasteiger partial charge is 0.480 e. The van der Waals surface area contributed by atoms with Crippen molar-refractivity contribution in [3.8, 4) is 0 Å². The quantitative estimate of drug-likeness (QED) is 0.898. The highest BCUT2D eigenvalue weighted by Gasteiger charge is 2.24. The third-order valence-corrected chi connectivity index (χ3v) is 3.25. The molecule has 20 heavy (non-hydrogen) atoms. The molecule has 2 aromatic rings. The highest BCUT2D eigenvalue weighted by Crippen LogP contribution is 2.18. The fraction of sp³-hybridized carbons (Fsp3) is 0.250. The number of benzene rings is 2. The van der Waals surface area contributed by atoms with E-state index in [-0.39, 0.29) is 11.8 Å². The summed E-state index contributed by atoms with van der Waals surface area (Å²) in [5.41, 5.74) is 0.495. The summed E-state index contributed by atoms with van der Waals surface area (Å²) in [6.45, 7) is 3.53. The second kappa shape index (κ2) is 5.74. The first-order chi connectivity index (χ1) is 9.50. The Labute approximate surface area is 117 Å². The van der Waals surface area contributed by atoms with Crippen LogP contribution in [0.25, 0.3) is 10.8 Å². The summed E-state index contributed by atoms with van der Waals surface area (Å²) in [5.74, 6) is -1.55. The molecule has 0 saturated carbocycles. The summed E-state index contributed by atoms with van der Waals surface area (Å²) in [4.78, 5) is 23.5. The lowest BCUT2D eigenvalue weighted by Gasteiger charge is -2.18. The molecule has 0 aliphatic heterocycles. The van der Waals surface area contributed by atoms with Crippen LogP contribution in [0.15, 0.2) is 42.5 Å². The number of carboxylic acid groups (broad SMARTS) is 1. The number of hydrogen-bond acceptors (Lipinski definition) is 2. The van der Waals surface area contributed by atoms with Gasteiger partial charge in [0.05, 0.1) is 0 Å². The molecule has 0 aliphatic carbocycles. The Kier molecular flexibility index (Phi) is 4.03. The van der Waals surface area contributed by atoms with Gasteiger partial charge in [0.2, 0.25) is 0 Å². The van der Waals surface area contributed by atoms with Crippen LogP contribution in [0.2, 0.25) is 0 Å². The third kappa shape index (κ3) is 2.79. The van der Waals surface area contributed by atoms with E-state index in [0.717, 1.165) is 10.8 Å². The molecule has 0 fully saturated rings. The van der Waals surface area contributed by atoms with Crippen molar-refractivity contribution in [1.82, 2.24) is 5.32 Å². The molecule has 0 saturated heterocycles. The average Bonchev–Trinajstić information content (AvgIpc) is 2.43. The van der Waals surface area contributed by atoms with Crippen molar-refractivity contribution >= 4 is 22.6 Å². The number of hydrogen-bond donors (Lipinski definition) is 2. The van der Waals surface area contributed by atoms with Crippen molar-refractivity contribution in [2.45, 2.75) is 19.9 Å². The molecule has 0 heterocycles. The van der Waals surface area contributed by atoms with Gasteiger partial charge in [-0.05, 0) is 22.8 Å². The van der Waals surface area contributed by atoms with Gasteiger partial charge in [-0.1, -0.05) is 50.2 Å². The third-order valence-electron chi connectivity index (χ3n) is 3.25. The zero-order chi connectivity index (χ0) is 14.7. The fourth-order valence-corrected chi connectivity index (χ4v) is 2.16. The summed E-state index contributed by atoms with van der Waals surface area (Å²) in [5, 5.41) is 13.5. The van der Waals surface area contributed by atoms with Gasteiger partial charge in [0.15, 0.2) is 0 Å². The van der Waals surface area contributed by atoms with E-state index in [1.165, 1.54) is 0 Å². The van der Waals surface area contributed by atoms with E-state index in [1.807, 2.05) is 30.3 Å². The van der Waals surface area contributed by atoms with Crippen molar-refractivity contribution in [3.05, 3.63) is 48.0 Å². The molecule has 4 heteroatoms. The molecule has 0 spiro atoms. The molecular weight excluding hydrogens is 254 g/mol. The number of fused-ring (bicyclic) bond motifs is 1. The van der Waals surface area contributed by atoms with Crippen LogP contribution in [0, 0.1) is 5.92 Å². The molecule has 2 N–H and O–H groups in total. The van der Waals surface area contributed by atoms with Crippen LogP contribution >= 0.6 is 0 Å². The van der Waals surface area contributed by atoms with Gasteiger partial charge in [0, 0.05) is 5.56 Å². The first-order valence-electron chi connectivity index (χ1n) is 6.52. The van der Waals surface area contributed by atoms with Gasteiger partial charge in [-0.2, -0.15) is 0 Å². The van der Waals surface area contributed by atoms with E-state index in [0.29, 0.717) is 5.56 Å². The monoisotopic (exact) mass is 271 g/mol. The number of nitrogens with one attached hydrogen (secondary N) is 1. The smallest absolute Gasteiger partial charge is 0.326 e.